The Labute approximate surface area is 113 Å². The zero-order valence-electron chi connectivity index (χ0n) is 10.2. The third-order valence-corrected chi connectivity index (χ3v) is 4.43. The molecule has 3 rings (SSSR count). The highest BCUT2D eigenvalue weighted by atomic mass is 79.9. The first kappa shape index (κ1) is 12.1. The summed E-state index contributed by atoms with van der Waals surface area (Å²) in [7, 11) is 0. The molecule has 1 saturated heterocycles. The van der Waals surface area contributed by atoms with Gasteiger partial charge in [0, 0.05) is 6.07 Å². The van der Waals surface area contributed by atoms with E-state index in [0.29, 0.717) is 4.47 Å². The molecule has 5 heteroatoms. The Kier molecular flexibility index (Phi) is 2.90. The van der Waals surface area contributed by atoms with Gasteiger partial charge < -0.3 is 10.3 Å². The number of nitrogens with zero attached hydrogens (tertiary/aromatic N) is 1. The van der Waals surface area contributed by atoms with Gasteiger partial charge in [-0.1, -0.05) is 6.92 Å². The summed E-state index contributed by atoms with van der Waals surface area (Å²) in [6.07, 6.45) is 3.21. The largest absolute Gasteiger partial charge is 0.340 e. The fourth-order valence-electron chi connectivity index (χ4n) is 2.71. The van der Waals surface area contributed by atoms with Crippen LogP contribution in [0.15, 0.2) is 16.6 Å². The van der Waals surface area contributed by atoms with Gasteiger partial charge in [-0.2, -0.15) is 0 Å². The highest BCUT2D eigenvalue weighted by molar-refractivity contribution is 9.10. The molecule has 1 aromatic heterocycles. The molecule has 1 fully saturated rings. The van der Waals surface area contributed by atoms with E-state index in [1.165, 1.54) is 6.07 Å². The Morgan fingerprint density at radius 1 is 1.50 bits per heavy atom. The summed E-state index contributed by atoms with van der Waals surface area (Å²) in [5.41, 5.74) is 1.49. The zero-order chi connectivity index (χ0) is 12.8. The molecule has 0 saturated carbocycles. The van der Waals surface area contributed by atoms with Crippen LogP contribution in [0.4, 0.5) is 4.39 Å². The Hall–Kier alpha value is -0.940. The summed E-state index contributed by atoms with van der Waals surface area (Å²) in [6, 6.07) is 3.22. The fraction of sp³-hybridized carbons (Fsp3) is 0.462. The second-order valence-corrected chi connectivity index (χ2v) is 5.69. The van der Waals surface area contributed by atoms with Crippen LogP contribution in [0, 0.1) is 5.82 Å². The lowest BCUT2D eigenvalue weighted by molar-refractivity contribution is 0.357. The molecule has 1 aromatic carbocycles. The van der Waals surface area contributed by atoms with Crippen molar-refractivity contribution in [2.24, 2.45) is 0 Å². The van der Waals surface area contributed by atoms with Crippen LogP contribution in [0.2, 0.25) is 0 Å². The molecule has 2 N–H and O–H groups in total. The maximum atomic E-state index is 13.5. The molecular weight excluding hydrogens is 297 g/mol. The summed E-state index contributed by atoms with van der Waals surface area (Å²) >= 11 is 3.20. The molecule has 18 heavy (non-hydrogen) atoms. The van der Waals surface area contributed by atoms with Crippen LogP contribution in [0.25, 0.3) is 11.0 Å². The second kappa shape index (κ2) is 4.31. The van der Waals surface area contributed by atoms with Gasteiger partial charge in [0.25, 0.3) is 0 Å². The summed E-state index contributed by atoms with van der Waals surface area (Å²) in [4.78, 5) is 7.89. The molecule has 1 unspecified atom stereocenters. The number of fused-ring (bicyclic) bond motifs is 1. The van der Waals surface area contributed by atoms with E-state index in [4.69, 9.17) is 0 Å². The minimum absolute atomic E-state index is 0.0675. The molecule has 3 nitrogen and oxygen atoms in total. The number of nitrogens with one attached hydrogen (secondary N) is 2. The summed E-state index contributed by atoms with van der Waals surface area (Å²) in [5.74, 6) is 0.664. The van der Waals surface area contributed by atoms with Crippen molar-refractivity contribution >= 4 is 27.0 Å². The van der Waals surface area contributed by atoms with Crippen LogP contribution in [0.3, 0.4) is 0 Å². The van der Waals surface area contributed by atoms with Crippen LogP contribution in [-0.4, -0.2) is 16.5 Å². The number of benzene rings is 1. The first-order valence-electron chi connectivity index (χ1n) is 6.25. The number of aromatic nitrogens is 2. The standard InChI is InChI=1S/C13H15BrFN3/c1-2-13(4-3-5-16-13)12-17-10-6-8(14)9(15)7-11(10)18-12/h6-7,16H,2-5H2,1H3,(H,17,18). The molecule has 96 valence electrons. The van der Waals surface area contributed by atoms with Crippen molar-refractivity contribution in [3.8, 4) is 0 Å². The smallest absolute Gasteiger partial charge is 0.139 e. The number of halogens is 2. The van der Waals surface area contributed by atoms with Gasteiger partial charge in [0.05, 0.1) is 21.0 Å². The zero-order valence-corrected chi connectivity index (χ0v) is 11.8. The van der Waals surface area contributed by atoms with Gasteiger partial charge in [0.15, 0.2) is 0 Å². The SMILES string of the molecule is CCC1(c2nc3cc(Br)c(F)cc3[nH]2)CCCN1. The Balaban J connectivity index is 2.13. The van der Waals surface area contributed by atoms with Crippen molar-refractivity contribution in [1.82, 2.24) is 15.3 Å². The van der Waals surface area contributed by atoms with Crippen LogP contribution < -0.4 is 5.32 Å². The molecular formula is C13H15BrFN3. The molecule has 1 aliphatic rings. The quantitative estimate of drug-likeness (QED) is 0.892. The number of hydrogen-bond donors (Lipinski definition) is 2. The van der Waals surface area contributed by atoms with E-state index in [1.54, 1.807) is 6.07 Å². The fourth-order valence-corrected chi connectivity index (χ4v) is 3.04. The van der Waals surface area contributed by atoms with Gasteiger partial charge in [-0.3, -0.25) is 0 Å². The molecule has 1 atom stereocenters. The second-order valence-electron chi connectivity index (χ2n) is 4.83. The van der Waals surface area contributed by atoms with E-state index < -0.39 is 0 Å². The Morgan fingerprint density at radius 3 is 3.00 bits per heavy atom. The van der Waals surface area contributed by atoms with Gasteiger partial charge in [-0.25, -0.2) is 9.37 Å². The average Bonchev–Trinajstić information content (AvgIpc) is 2.96. The van der Waals surface area contributed by atoms with Crippen LogP contribution in [-0.2, 0) is 5.54 Å². The van der Waals surface area contributed by atoms with Gasteiger partial charge in [0.2, 0.25) is 0 Å². The lowest BCUT2D eigenvalue weighted by Gasteiger charge is -2.25. The summed E-state index contributed by atoms with van der Waals surface area (Å²) in [5, 5.41) is 3.53. The topological polar surface area (TPSA) is 40.7 Å². The molecule has 0 aliphatic carbocycles. The van der Waals surface area contributed by atoms with Crippen molar-refractivity contribution in [3.05, 3.63) is 28.2 Å². The number of hydrogen-bond acceptors (Lipinski definition) is 2. The summed E-state index contributed by atoms with van der Waals surface area (Å²) < 4.78 is 14.0. The van der Waals surface area contributed by atoms with E-state index in [-0.39, 0.29) is 11.4 Å². The molecule has 0 bridgehead atoms. The van der Waals surface area contributed by atoms with E-state index >= 15 is 0 Å². The third-order valence-electron chi connectivity index (χ3n) is 3.82. The van der Waals surface area contributed by atoms with Crippen molar-refractivity contribution in [2.75, 3.05) is 6.54 Å². The van der Waals surface area contributed by atoms with Gasteiger partial charge in [0.1, 0.15) is 11.6 Å². The van der Waals surface area contributed by atoms with Crippen molar-refractivity contribution in [1.29, 1.82) is 0 Å². The first-order chi connectivity index (χ1) is 8.64. The molecule has 0 amide bonds. The van der Waals surface area contributed by atoms with Gasteiger partial charge >= 0.3 is 0 Å². The monoisotopic (exact) mass is 311 g/mol. The molecule has 0 radical (unpaired) electrons. The van der Waals surface area contributed by atoms with E-state index in [2.05, 4.69) is 38.1 Å². The molecule has 1 aliphatic heterocycles. The Bertz CT molecular complexity index is 548. The lowest BCUT2D eigenvalue weighted by Crippen LogP contribution is -2.37. The predicted octanol–water partition coefficient (Wildman–Crippen LogP) is 3.45. The molecule has 2 heterocycles. The van der Waals surface area contributed by atoms with Crippen molar-refractivity contribution in [3.63, 3.8) is 0 Å². The highest BCUT2D eigenvalue weighted by Crippen LogP contribution is 2.34. The average molecular weight is 312 g/mol. The van der Waals surface area contributed by atoms with Crippen molar-refractivity contribution < 1.29 is 4.39 Å². The number of H-pyrrole nitrogens is 1. The van der Waals surface area contributed by atoms with Crippen molar-refractivity contribution in [2.45, 2.75) is 31.7 Å². The van der Waals surface area contributed by atoms with E-state index in [9.17, 15) is 4.39 Å². The normalized spacial score (nSPS) is 23.9. The molecule has 2 aromatic rings. The maximum absolute atomic E-state index is 13.5. The molecule has 0 spiro atoms. The minimum atomic E-state index is -0.261. The maximum Gasteiger partial charge on any atom is 0.139 e. The lowest BCUT2D eigenvalue weighted by atomic mass is 9.93. The minimum Gasteiger partial charge on any atom is -0.340 e. The number of imidazole rings is 1. The van der Waals surface area contributed by atoms with Crippen LogP contribution >= 0.6 is 15.9 Å². The third kappa shape index (κ3) is 1.77. The van der Waals surface area contributed by atoms with E-state index in [0.717, 1.165) is 42.7 Å². The number of aromatic amines is 1. The predicted molar refractivity (Wildman–Crippen MR) is 73.0 cm³/mol. The van der Waals surface area contributed by atoms with Gasteiger partial charge in [-0.15, -0.1) is 0 Å². The highest BCUT2D eigenvalue weighted by Gasteiger charge is 2.36. The number of rotatable bonds is 2. The van der Waals surface area contributed by atoms with Gasteiger partial charge in [-0.05, 0) is 47.8 Å². The van der Waals surface area contributed by atoms with Crippen LogP contribution in [0.5, 0.6) is 0 Å². The van der Waals surface area contributed by atoms with Crippen LogP contribution in [0.1, 0.15) is 32.0 Å². The summed E-state index contributed by atoms with van der Waals surface area (Å²) in [6.45, 7) is 3.17. The Morgan fingerprint density at radius 2 is 2.33 bits per heavy atom. The van der Waals surface area contributed by atoms with E-state index in [1.807, 2.05) is 0 Å². The first-order valence-corrected chi connectivity index (χ1v) is 7.04.